The number of ether oxygens (including phenoxy) is 1. The van der Waals surface area contributed by atoms with Crippen molar-refractivity contribution in [1.82, 2.24) is 0 Å². The van der Waals surface area contributed by atoms with Crippen LogP contribution in [0.4, 0.5) is 8.78 Å². The van der Waals surface area contributed by atoms with Crippen molar-refractivity contribution in [3.05, 3.63) is 70.3 Å². The van der Waals surface area contributed by atoms with Crippen LogP contribution in [0.1, 0.15) is 57.1 Å². The Morgan fingerprint density at radius 3 is 2.68 bits per heavy atom. The molecule has 0 fully saturated rings. The summed E-state index contributed by atoms with van der Waals surface area (Å²) in [5.41, 5.74) is 1.58. The van der Waals surface area contributed by atoms with Crippen LogP contribution in [0, 0.1) is 5.92 Å². The number of fused-ring (bicyclic) bond motifs is 1. The largest absolute Gasteiger partial charge is 0.488 e. The molecule has 1 aromatic carbocycles. The predicted molar refractivity (Wildman–Crippen MR) is 110 cm³/mol. The number of rotatable bonds is 7. The number of alkyl halides is 1. The lowest BCUT2D eigenvalue weighted by Gasteiger charge is -2.31. The number of benzene rings is 1. The number of carbonyl (C=O) groups is 1. The number of Topliss-reactive ketones (excluding diaryl/α,β-unsaturated/α-hetero) is 1. The number of hydrogen-bond donors (Lipinski definition) is 0. The predicted octanol–water partition coefficient (Wildman–Crippen LogP) is 5.20. The summed E-state index contributed by atoms with van der Waals surface area (Å²) < 4.78 is 34.0. The summed E-state index contributed by atoms with van der Waals surface area (Å²) in [6, 6.07) is 7.17. The Kier molecular flexibility index (Phi) is 6.21. The molecule has 0 aromatic heterocycles. The Bertz CT molecular complexity index is 829. The van der Waals surface area contributed by atoms with Gasteiger partial charge in [0.2, 0.25) is 0 Å². The van der Waals surface area contributed by atoms with Gasteiger partial charge in [-0.3, -0.25) is 4.79 Å². The lowest BCUT2D eigenvalue weighted by molar-refractivity contribution is -0.116. The van der Waals surface area contributed by atoms with E-state index in [0.29, 0.717) is 36.2 Å². The van der Waals surface area contributed by atoms with E-state index in [0.717, 1.165) is 24.0 Å². The fourth-order valence-electron chi connectivity index (χ4n) is 3.81. The van der Waals surface area contributed by atoms with Gasteiger partial charge in [0, 0.05) is 17.6 Å². The summed E-state index contributed by atoms with van der Waals surface area (Å²) in [6.07, 6.45) is 6.50. The summed E-state index contributed by atoms with van der Waals surface area (Å²) in [5.74, 6) is 0.558. The van der Waals surface area contributed by atoms with Crippen LogP contribution < -0.4 is 0 Å². The molecule has 5 heteroatoms. The van der Waals surface area contributed by atoms with Crippen LogP contribution in [-0.4, -0.2) is 13.6 Å². The van der Waals surface area contributed by atoms with Crippen molar-refractivity contribution < 1.29 is 18.3 Å². The average Bonchev–Trinajstić information content (AvgIpc) is 2.65. The molecule has 1 aromatic rings. The molecular weight excluding hydrogens is 357 g/mol. The monoisotopic (exact) mass is 384 g/mol. The summed E-state index contributed by atoms with van der Waals surface area (Å²) in [7, 11) is 1.52. The van der Waals surface area contributed by atoms with Crippen LogP contribution in [0.2, 0.25) is 0 Å². The highest BCUT2D eigenvalue weighted by molar-refractivity contribution is 6.14. The van der Waals surface area contributed by atoms with Gasteiger partial charge >= 0.3 is 0 Å². The Morgan fingerprint density at radius 1 is 1.32 bits per heavy atom. The minimum atomic E-state index is -1.39. The van der Waals surface area contributed by atoms with Crippen molar-refractivity contribution in [2.45, 2.75) is 58.1 Å². The second-order valence-electron chi connectivity index (χ2n) is 8.10. The van der Waals surface area contributed by atoms with E-state index in [1.807, 2.05) is 19.1 Å². The lowest BCUT2D eigenvalue weighted by Crippen LogP contribution is -2.21. The SMILES string of the molecule is BC(C)(F)c1ccc(COC2=C(C(=O)CCC)CCC3CC=C(F)C=C23)cc1. The Hall–Kier alpha value is -2.17. The van der Waals surface area contributed by atoms with Crippen LogP contribution in [0.25, 0.3) is 0 Å². The van der Waals surface area contributed by atoms with Gasteiger partial charge in [0.25, 0.3) is 0 Å². The molecule has 0 saturated heterocycles. The van der Waals surface area contributed by atoms with Gasteiger partial charge in [0.15, 0.2) is 13.6 Å². The average molecular weight is 384 g/mol. The standard InChI is InChI=1S/C23H27BF2O2/c1-3-4-21(27)19-12-8-16-7-11-18(25)13-20(16)22(19)28-14-15-5-9-17(10-6-15)23(2,24)26/h5-6,9-11,13,16H,3-4,7-8,12,14,24H2,1-2H3. The van der Waals surface area contributed by atoms with Gasteiger partial charge in [0.1, 0.15) is 18.2 Å². The molecule has 0 spiro atoms. The van der Waals surface area contributed by atoms with Gasteiger partial charge < -0.3 is 4.74 Å². The van der Waals surface area contributed by atoms with E-state index >= 15 is 0 Å². The van der Waals surface area contributed by atoms with Gasteiger partial charge in [0.05, 0.1) is 5.57 Å². The molecular formula is C23H27BF2O2. The summed E-state index contributed by atoms with van der Waals surface area (Å²) in [4.78, 5) is 12.6. The van der Waals surface area contributed by atoms with E-state index in [9.17, 15) is 13.6 Å². The molecule has 0 heterocycles. The minimum absolute atomic E-state index is 0.0846. The molecule has 0 radical (unpaired) electrons. The minimum Gasteiger partial charge on any atom is -0.488 e. The first-order valence-corrected chi connectivity index (χ1v) is 10.0. The summed E-state index contributed by atoms with van der Waals surface area (Å²) in [6.45, 7) is 3.76. The van der Waals surface area contributed by atoms with E-state index in [1.54, 1.807) is 18.2 Å². The van der Waals surface area contributed by atoms with Crippen LogP contribution in [0.3, 0.4) is 0 Å². The van der Waals surface area contributed by atoms with Crippen LogP contribution in [-0.2, 0) is 21.7 Å². The number of halogens is 2. The number of allylic oxidation sites excluding steroid dienone is 5. The molecule has 0 amide bonds. The number of carbonyl (C=O) groups excluding carboxylic acids is 1. The fraction of sp³-hybridized carbons (Fsp3) is 0.435. The van der Waals surface area contributed by atoms with Crippen LogP contribution >= 0.6 is 0 Å². The highest BCUT2D eigenvalue weighted by Crippen LogP contribution is 2.41. The Balaban J connectivity index is 1.86. The van der Waals surface area contributed by atoms with E-state index in [2.05, 4.69) is 0 Å². The third-order valence-corrected chi connectivity index (χ3v) is 5.45. The Morgan fingerprint density at radius 2 is 2.04 bits per heavy atom. The zero-order valence-corrected chi connectivity index (χ0v) is 16.9. The molecule has 28 heavy (non-hydrogen) atoms. The quantitative estimate of drug-likeness (QED) is 0.605. The summed E-state index contributed by atoms with van der Waals surface area (Å²) in [5, 5.41) is 0. The van der Waals surface area contributed by atoms with Crippen LogP contribution in [0.15, 0.2) is 59.1 Å². The van der Waals surface area contributed by atoms with Crippen molar-refractivity contribution in [1.29, 1.82) is 0 Å². The fourth-order valence-corrected chi connectivity index (χ4v) is 3.81. The number of ketones is 1. The molecule has 2 unspecified atom stereocenters. The second-order valence-corrected chi connectivity index (χ2v) is 8.10. The van der Waals surface area contributed by atoms with Crippen molar-refractivity contribution >= 4 is 13.6 Å². The van der Waals surface area contributed by atoms with E-state index in [1.165, 1.54) is 20.8 Å². The maximum Gasteiger partial charge on any atom is 0.162 e. The molecule has 148 valence electrons. The smallest absolute Gasteiger partial charge is 0.162 e. The molecule has 2 nitrogen and oxygen atoms in total. The first kappa shape index (κ1) is 20.6. The molecule has 2 atom stereocenters. The summed E-state index contributed by atoms with van der Waals surface area (Å²) >= 11 is 0. The highest BCUT2D eigenvalue weighted by atomic mass is 19.1. The van der Waals surface area contributed by atoms with Gasteiger partial charge in [-0.25, -0.2) is 8.78 Å². The molecule has 0 bridgehead atoms. The Labute approximate surface area is 166 Å². The van der Waals surface area contributed by atoms with E-state index < -0.39 is 5.57 Å². The second kappa shape index (κ2) is 8.46. The van der Waals surface area contributed by atoms with E-state index in [-0.39, 0.29) is 24.1 Å². The van der Waals surface area contributed by atoms with Gasteiger partial charge in [-0.05, 0) is 61.8 Å². The third-order valence-electron chi connectivity index (χ3n) is 5.45. The third kappa shape index (κ3) is 4.63. The first-order valence-electron chi connectivity index (χ1n) is 10.0. The number of hydrogen-bond acceptors (Lipinski definition) is 2. The van der Waals surface area contributed by atoms with Crippen molar-refractivity contribution in [2.75, 3.05) is 0 Å². The molecule has 0 saturated carbocycles. The molecule has 3 rings (SSSR count). The molecule has 2 aliphatic carbocycles. The highest BCUT2D eigenvalue weighted by Gasteiger charge is 2.32. The van der Waals surface area contributed by atoms with Gasteiger partial charge in [-0.2, -0.15) is 0 Å². The zero-order chi connectivity index (χ0) is 20.3. The maximum absolute atomic E-state index is 14.0. The zero-order valence-electron chi connectivity index (χ0n) is 16.9. The lowest BCUT2D eigenvalue weighted by atomic mass is 9.78. The van der Waals surface area contributed by atoms with Crippen molar-refractivity contribution in [3.63, 3.8) is 0 Å². The first-order chi connectivity index (χ1) is 13.3. The maximum atomic E-state index is 14.0. The van der Waals surface area contributed by atoms with Gasteiger partial charge in [-0.15, -0.1) is 0 Å². The molecule has 2 aliphatic rings. The van der Waals surface area contributed by atoms with Crippen molar-refractivity contribution in [2.24, 2.45) is 5.92 Å². The van der Waals surface area contributed by atoms with Crippen molar-refractivity contribution in [3.8, 4) is 0 Å². The topological polar surface area (TPSA) is 26.3 Å². The van der Waals surface area contributed by atoms with E-state index in [4.69, 9.17) is 4.74 Å². The van der Waals surface area contributed by atoms with Gasteiger partial charge in [-0.1, -0.05) is 31.2 Å². The van der Waals surface area contributed by atoms with Crippen LogP contribution in [0.5, 0.6) is 0 Å². The molecule has 0 N–H and O–H groups in total. The normalized spacial score (nSPS) is 21.4. The molecule has 0 aliphatic heterocycles.